The summed E-state index contributed by atoms with van der Waals surface area (Å²) in [5, 5.41) is 6.15. The van der Waals surface area contributed by atoms with Gasteiger partial charge in [0.1, 0.15) is 5.69 Å². The molecule has 0 spiro atoms. The molecule has 2 aromatic heterocycles. The van der Waals surface area contributed by atoms with Crippen LogP contribution in [0.4, 0.5) is 5.69 Å². The third kappa shape index (κ3) is 3.68. The van der Waals surface area contributed by atoms with Crippen molar-refractivity contribution in [3.63, 3.8) is 0 Å². The van der Waals surface area contributed by atoms with Crippen LogP contribution >= 0.6 is 0 Å². The van der Waals surface area contributed by atoms with E-state index in [9.17, 15) is 4.79 Å². The molecule has 1 aliphatic rings. The van der Waals surface area contributed by atoms with Crippen molar-refractivity contribution in [3.05, 3.63) is 48.0 Å². The normalized spacial score (nSPS) is 15.8. The molecule has 6 heteroatoms. The fourth-order valence-corrected chi connectivity index (χ4v) is 2.36. The molecule has 1 fully saturated rings. The van der Waals surface area contributed by atoms with Crippen molar-refractivity contribution >= 4 is 11.6 Å². The van der Waals surface area contributed by atoms with Gasteiger partial charge in [-0.25, -0.2) is 0 Å². The molecule has 0 atom stereocenters. The molecule has 3 rings (SSSR count). The lowest BCUT2D eigenvalue weighted by molar-refractivity contribution is 0.102. The number of aromatic amines is 1. The first kappa shape index (κ1) is 13.8. The van der Waals surface area contributed by atoms with E-state index >= 15 is 0 Å². The Labute approximate surface area is 123 Å². The summed E-state index contributed by atoms with van der Waals surface area (Å²) in [5.74, 6) is -0.156. The van der Waals surface area contributed by atoms with Crippen LogP contribution in [-0.2, 0) is 6.54 Å². The molecule has 3 heterocycles. The lowest BCUT2D eigenvalue weighted by Crippen LogP contribution is -2.43. The number of rotatable bonds is 4. The number of amides is 1. The van der Waals surface area contributed by atoms with Gasteiger partial charge in [-0.1, -0.05) is 0 Å². The van der Waals surface area contributed by atoms with E-state index < -0.39 is 0 Å². The third-order valence-corrected chi connectivity index (χ3v) is 3.52. The van der Waals surface area contributed by atoms with E-state index in [2.05, 4.69) is 25.5 Å². The summed E-state index contributed by atoms with van der Waals surface area (Å²) >= 11 is 0. The fraction of sp³-hybridized carbons (Fsp3) is 0.333. The van der Waals surface area contributed by atoms with Crippen molar-refractivity contribution in [1.82, 2.24) is 20.2 Å². The Balaban J connectivity index is 1.57. The quantitative estimate of drug-likeness (QED) is 0.785. The molecule has 1 saturated heterocycles. The van der Waals surface area contributed by atoms with Gasteiger partial charge in [-0.05, 0) is 24.3 Å². The van der Waals surface area contributed by atoms with E-state index in [1.165, 1.54) is 0 Å². The zero-order valence-electron chi connectivity index (χ0n) is 11.8. The number of H-pyrrole nitrogens is 1. The van der Waals surface area contributed by atoms with Crippen molar-refractivity contribution in [3.8, 4) is 0 Å². The molecular weight excluding hydrogens is 266 g/mol. The predicted molar refractivity (Wildman–Crippen MR) is 81.1 cm³/mol. The van der Waals surface area contributed by atoms with E-state index in [0.29, 0.717) is 11.4 Å². The highest BCUT2D eigenvalue weighted by atomic mass is 16.1. The predicted octanol–water partition coefficient (Wildman–Crippen LogP) is 1.07. The highest BCUT2D eigenvalue weighted by molar-refractivity contribution is 6.02. The molecular formula is C15H19N5O. The number of nitrogens with zero attached hydrogens (tertiary/aromatic N) is 2. The average molecular weight is 285 g/mol. The minimum atomic E-state index is -0.156. The fourth-order valence-electron chi connectivity index (χ4n) is 2.36. The maximum atomic E-state index is 11.9. The van der Waals surface area contributed by atoms with Crippen molar-refractivity contribution in [2.24, 2.45) is 0 Å². The third-order valence-electron chi connectivity index (χ3n) is 3.52. The van der Waals surface area contributed by atoms with Gasteiger partial charge < -0.3 is 15.6 Å². The Hall–Kier alpha value is -2.18. The first-order valence-corrected chi connectivity index (χ1v) is 7.14. The lowest BCUT2D eigenvalue weighted by Gasteiger charge is -2.26. The second-order valence-corrected chi connectivity index (χ2v) is 5.10. The van der Waals surface area contributed by atoms with Gasteiger partial charge in [0.25, 0.3) is 5.91 Å². The van der Waals surface area contributed by atoms with Crippen LogP contribution in [0.5, 0.6) is 0 Å². The molecule has 110 valence electrons. The maximum Gasteiger partial charge on any atom is 0.272 e. The number of nitrogens with one attached hydrogen (secondary N) is 3. The largest absolute Gasteiger partial charge is 0.357 e. The zero-order valence-corrected chi connectivity index (χ0v) is 11.8. The lowest BCUT2D eigenvalue weighted by atomic mass is 10.2. The second-order valence-electron chi connectivity index (χ2n) is 5.10. The van der Waals surface area contributed by atoms with Crippen LogP contribution in [-0.4, -0.2) is 47.0 Å². The van der Waals surface area contributed by atoms with Crippen molar-refractivity contribution in [1.29, 1.82) is 0 Å². The molecule has 0 saturated carbocycles. The first-order valence-electron chi connectivity index (χ1n) is 7.14. The molecule has 3 N–H and O–H groups in total. The molecule has 1 amide bonds. The highest BCUT2D eigenvalue weighted by Crippen LogP contribution is 2.10. The minimum absolute atomic E-state index is 0.156. The van der Waals surface area contributed by atoms with Gasteiger partial charge in [-0.15, -0.1) is 0 Å². The Morgan fingerprint density at radius 2 is 2.14 bits per heavy atom. The summed E-state index contributed by atoms with van der Waals surface area (Å²) in [7, 11) is 0. The van der Waals surface area contributed by atoms with Gasteiger partial charge in [-0.3, -0.25) is 14.7 Å². The van der Waals surface area contributed by atoms with E-state index in [1.54, 1.807) is 24.5 Å². The first-order chi connectivity index (χ1) is 10.3. The van der Waals surface area contributed by atoms with Crippen LogP contribution in [0.1, 0.15) is 16.2 Å². The van der Waals surface area contributed by atoms with Gasteiger partial charge in [0, 0.05) is 38.9 Å². The van der Waals surface area contributed by atoms with Crippen LogP contribution in [0, 0.1) is 0 Å². The van der Waals surface area contributed by atoms with E-state index in [4.69, 9.17) is 0 Å². The number of hydrogen-bond acceptors (Lipinski definition) is 4. The number of anilines is 1. The topological polar surface area (TPSA) is 73.1 Å². The van der Waals surface area contributed by atoms with Crippen molar-refractivity contribution in [2.45, 2.75) is 6.54 Å². The summed E-state index contributed by atoms with van der Waals surface area (Å²) in [6.07, 6.45) is 3.43. The number of piperazine rings is 1. The summed E-state index contributed by atoms with van der Waals surface area (Å²) in [4.78, 5) is 21.6. The zero-order chi connectivity index (χ0) is 14.5. The van der Waals surface area contributed by atoms with Crippen molar-refractivity contribution in [2.75, 3.05) is 31.5 Å². The molecule has 2 aromatic rings. The number of carbonyl (C=O) groups excluding carboxylic acids is 1. The molecule has 0 unspecified atom stereocenters. The number of carbonyl (C=O) groups is 1. The summed E-state index contributed by atoms with van der Waals surface area (Å²) in [6, 6.07) is 7.39. The minimum Gasteiger partial charge on any atom is -0.357 e. The molecule has 21 heavy (non-hydrogen) atoms. The summed E-state index contributed by atoms with van der Waals surface area (Å²) in [6.45, 7) is 5.01. The van der Waals surface area contributed by atoms with Gasteiger partial charge in [-0.2, -0.15) is 0 Å². The Bertz CT molecular complexity index is 573. The summed E-state index contributed by atoms with van der Waals surface area (Å²) in [5.41, 5.74) is 2.27. The SMILES string of the molecule is O=C(Nc1ccc(CN2CCNCC2)nc1)c1ccc[nH]1. The van der Waals surface area contributed by atoms with Crippen LogP contribution in [0.25, 0.3) is 0 Å². The van der Waals surface area contributed by atoms with Gasteiger partial charge in [0.15, 0.2) is 0 Å². The molecule has 0 bridgehead atoms. The number of pyridine rings is 1. The van der Waals surface area contributed by atoms with E-state index in [-0.39, 0.29) is 5.91 Å². The molecule has 0 radical (unpaired) electrons. The Morgan fingerprint density at radius 3 is 2.81 bits per heavy atom. The molecule has 6 nitrogen and oxygen atoms in total. The molecule has 1 aliphatic heterocycles. The number of aromatic nitrogens is 2. The highest BCUT2D eigenvalue weighted by Gasteiger charge is 2.11. The number of hydrogen-bond donors (Lipinski definition) is 3. The average Bonchev–Trinajstić information content (AvgIpc) is 3.05. The van der Waals surface area contributed by atoms with Gasteiger partial charge >= 0.3 is 0 Å². The van der Waals surface area contributed by atoms with Crippen LogP contribution in [0.3, 0.4) is 0 Å². The molecule has 0 aromatic carbocycles. The standard InChI is InChI=1S/C15H19N5O/c21-15(14-2-1-5-17-14)19-12-3-4-13(18-10-12)11-20-8-6-16-7-9-20/h1-5,10,16-17H,6-9,11H2,(H,19,21). The Kier molecular flexibility index (Phi) is 4.28. The van der Waals surface area contributed by atoms with E-state index in [1.807, 2.05) is 12.1 Å². The smallest absolute Gasteiger partial charge is 0.272 e. The maximum absolute atomic E-state index is 11.9. The second kappa shape index (κ2) is 6.51. The van der Waals surface area contributed by atoms with E-state index in [0.717, 1.165) is 38.4 Å². The van der Waals surface area contributed by atoms with Gasteiger partial charge in [0.2, 0.25) is 0 Å². The molecule has 0 aliphatic carbocycles. The Morgan fingerprint density at radius 1 is 1.29 bits per heavy atom. The monoisotopic (exact) mass is 285 g/mol. The summed E-state index contributed by atoms with van der Waals surface area (Å²) < 4.78 is 0. The van der Waals surface area contributed by atoms with Crippen molar-refractivity contribution < 1.29 is 4.79 Å². The van der Waals surface area contributed by atoms with Gasteiger partial charge in [0.05, 0.1) is 17.6 Å². The van der Waals surface area contributed by atoms with Crippen LogP contribution < -0.4 is 10.6 Å². The van der Waals surface area contributed by atoms with Crippen LogP contribution in [0.15, 0.2) is 36.7 Å². The van der Waals surface area contributed by atoms with Crippen LogP contribution in [0.2, 0.25) is 0 Å².